The van der Waals surface area contributed by atoms with Gasteiger partial charge in [-0.3, -0.25) is 9.69 Å². The number of nitrogens with zero attached hydrogens (tertiary/aromatic N) is 1. The zero-order valence-electron chi connectivity index (χ0n) is 13.1. The highest BCUT2D eigenvalue weighted by atomic mass is 16.5. The summed E-state index contributed by atoms with van der Waals surface area (Å²) in [5, 5.41) is 12.1. The first-order valence-corrected chi connectivity index (χ1v) is 8.02. The van der Waals surface area contributed by atoms with Crippen LogP contribution in [0.2, 0.25) is 0 Å². The van der Waals surface area contributed by atoms with Crippen LogP contribution in [0.4, 0.5) is 0 Å². The van der Waals surface area contributed by atoms with Crippen LogP contribution in [0.15, 0.2) is 24.3 Å². The van der Waals surface area contributed by atoms with E-state index in [1.807, 2.05) is 12.1 Å². The van der Waals surface area contributed by atoms with Gasteiger partial charge in [-0.1, -0.05) is 18.2 Å². The van der Waals surface area contributed by atoms with Gasteiger partial charge in [-0.2, -0.15) is 0 Å². The summed E-state index contributed by atoms with van der Waals surface area (Å²) in [4.78, 5) is 25.3. The molecule has 1 amide bonds. The monoisotopic (exact) mass is 318 g/mol. The standard InChI is InChI=1S/C17H22N2O4/c20-15-11-17(23-10-7-18-15)5-8-19(9-6-17)12-13-3-1-2-4-14(13)16(21)22/h1-4H,5-12H2,(H,18,20)(H,21,22). The van der Waals surface area contributed by atoms with Crippen LogP contribution in [-0.4, -0.2) is 53.7 Å². The SMILES string of the molecule is O=C1CC2(CCN(Cc3ccccc3C(=O)O)CC2)OCCN1. The zero-order valence-corrected chi connectivity index (χ0v) is 13.1. The van der Waals surface area contributed by atoms with Gasteiger partial charge in [0.05, 0.1) is 24.2 Å². The molecule has 6 heteroatoms. The van der Waals surface area contributed by atoms with Crippen molar-refractivity contribution in [2.24, 2.45) is 0 Å². The first kappa shape index (κ1) is 16.0. The van der Waals surface area contributed by atoms with E-state index in [1.54, 1.807) is 12.1 Å². The van der Waals surface area contributed by atoms with E-state index in [-0.39, 0.29) is 11.5 Å². The summed E-state index contributed by atoms with van der Waals surface area (Å²) >= 11 is 0. The Morgan fingerprint density at radius 2 is 2.04 bits per heavy atom. The lowest BCUT2D eigenvalue weighted by Crippen LogP contribution is -2.46. The van der Waals surface area contributed by atoms with Crippen LogP contribution >= 0.6 is 0 Å². The third-order valence-electron chi connectivity index (χ3n) is 4.72. The van der Waals surface area contributed by atoms with E-state index in [2.05, 4.69) is 10.2 Å². The summed E-state index contributed by atoms with van der Waals surface area (Å²) in [6, 6.07) is 7.12. The van der Waals surface area contributed by atoms with Crippen molar-refractivity contribution in [1.82, 2.24) is 10.2 Å². The highest BCUT2D eigenvalue weighted by molar-refractivity contribution is 5.89. The predicted molar refractivity (Wildman–Crippen MR) is 84.2 cm³/mol. The van der Waals surface area contributed by atoms with Crippen molar-refractivity contribution in [2.75, 3.05) is 26.2 Å². The Bertz CT molecular complexity index is 594. The molecule has 0 bridgehead atoms. The second kappa shape index (κ2) is 6.68. The topological polar surface area (TPSA) is 78.9 Å². The lowest BCUT2D eigenvalue weighted by molar-refractivity contribution is -0.128. The number of nitrogens with one attached hydrogen (secondary N) is 1. The van der Waals surface area contributed by atoms with Crippen molar-refractivity contribution < 1.29 is 19.4 Å². The van der Waals surface area contributed by atoms with E-state index in [9.17, 15) is 14.7 Å². The Morgan fingerprint density at radius 1 is 1.30 bits per heavy atom. The molecule has 0 radical (unpaired) electrons. The second-order valence-electron chi connectivity index (χ2n) is 6.30. The van der Waals surface area contributed by atoms with Gasteiger partial charge >= 0.3 is 5.97 Å². The Hall–Kier alpha value is -1.92. The quantitative estimate of drug-likeness (QED) is 0.877. The van der Waals surface area contributed by atoms with Gasteiger partial charge in [-0.15, -0.1) is 0 Å². The lowest BCUT2D eigenvalue weighted by Gasteiger charge is -2.40. The van der Waals surface area contributed by atoms with Crippen molar-refractivity contribution >= 4 is 11.9 Å². The van der Waals surface area contributed by atoms with Crippen LogP contribution in [0.1, 0.15) is 35.2 Å². The smallest absolute Gasteiger partial charge is 0.336 e. The van der Waals surface area contributed by atoms with E-state index in [4.69, 9.17) is 4.74 Å². The summed E-state index contributed by atoms with van der Waals surface area (Å²) in [5.41, 5.74) is 0.844. The van der Waals surface area contributed by atoms with E-state index in [0.717, 1.165) is 31.5 Å². The van der Waals surface area contributed by atoms with Gasteiger partial charge in [0.25, 0.3) is 0 Å². The van der Waals surface area contributed by atoms with Crippen molar-refractivity contribution in [3.8, 4) is 0 Å². The zero-order chi connectivity index (χ0) is 16.3. The van der Waals surface area contributed by atoms with Gasteiger partial charge in [0.1, 0.15) is 0 Å². The van der Waals surface area contributed by atoms with Gasteiger partial charge in [0.15, 0.2) is 0 Å². The van der Waals surface area contributed by atoms with Crippen molar-refractivity contribution in [1.29, 1.82) is 0 Å². The summed E-state index contributed by atoms with van der Waals surface area (Å²) in [6.45, 7) is 3.37. The molecule has 3 rings (SSSR count). The molecule has 2 aliphatic rings. The van der Waals surface area contributed by atoms with Gasteiger partial charge < -0.3 is 15.2 Å². The Morgan fingerprint density at radius 3 is 2.78 bits per heavy atom. The second-order valence-corrected chi connectivity index (χ2v) is 6.30. The maximum Gasteiger partial charge on any atom is 0.336 e. The fraction of sp³-hybridized carbons (Fsp3) is 0.529. The first-order valence-electron chi connectivity index (χ1n) is 8.02. The number of ether oxygens (including phenoxy) is 1. The van der Waals surface area contributed by atoms with Gasteiger partial charge in [0.2, 0.25) is 5.91 Å². The molecule has 0 aromatic heterocycles. The number of amides is 1. The molecule has 2 saturated heterocycles. The molecule has 1 spiro atoms. The normalized spacial score (nSPS) is 21.7. The van der Waals surface area contributed by atoms with Crippen LogP contribution in [0.5, 0.6) is 0 Å². The number of likely N-dealkylation sites (tertiary alicyclic amines) is 1. The maximum atomic E-state index is 11.8. The molecule has 23 heavy (non-hydrogen) atoms. The van der Waals surface area contributed by atoms with Crippen LogP contribution in [0.25, 0.3) is 0 Å². The number of hydrogen-bond acceptors (Lipinski definition) is 4. The maximum absolute atomic E-state index is 11.8. The Labute approximate surface area is 135 Å². The average molecular weight is 318 g/mol. The number of benzene rings is 1. The summed E-state index contributed by atoms with van der Waals surface area (Å²) in [6.07, 6.45) is 2.03. The highest BCUT2D eigenvalue weighted by Crippen LogP contribution is 2.31. The Kier molecular flexibility index (Phi) is 4.63. The number of carbonyl (C=O) groups excluding carboxylic acids is 1. The molecule has 0 aliphatic carbocycles. The number of aromatic carboxylic acids is 1. The van der Waals surface area contributed by atoms with Crippen molar-refractivity contribution in [3.05, 3.63) is 35.4 Å². The van der Waals surface area contributed by atoms with Crippen LogP contribution < -0.4 is 5.32 Å². The van der Waals surface area contributed by atoms with Gasteiger partial charge in [0, 0.05) is 26.2 Å². The van der Waals surface area contributed by atoms with E-state index >= 15 is 0 Å². The molecule has 124 valence electrons. The largest absolute Gasteiger partial charge is 0.478 e. The molecule has 6 nitrogen and oxygen atoms in total. The minimum absolute atomic E-state index is 0.0622. The summed E-state index contributed by atoms with van der Waals surface area (Å²) in [5.74, 6) is -0.829. The molecule has 2 fully saturated rings. The molecule has 2 aliphatic heterocycles. The molecule has 0 saturated carbocycles. The number of carboxylic acids is 1. The van der Waals surface area contributed by atoms with Crippen molar-refractivity contribution in [2.45, 2.75) is 31.4 Å². The van der Waals surface area contributed by atoms with Gasteiger partial charge in [-0.25, -0.2) is 4.79 Å². The average Bonchev–Trinajstić information content (AvgIpc) is 2.72. The first-order chi connectivity index (χ1) is 11.1. The number of carboxylic acid groups (broad SMARTS) is 1. The third kappa shape index (κ3) is 3.71. The number of carbonyl (C=O) groups is 2. The molecule has 1 aromatic rings. The molecule has 0 atom stereocenters. The van der Waals surface area contributed by atoms with Gasteiger partial charge in [-0.05, 0) is 24.5 Å². The third-order valence-corrected chi connectivity index (χ3v) is 4.72. The predicted octanol–water partition coefficient (Wildman–Crippen LogP) is 1.26. The number of rotatable bonds is 3. The number of hydrogen-bond donors (Lipinski definition) is 2. The molecule has 0 unspecified atom stereocenters. The fourth-order valence-corrected chi connectivity index (χ4v) is 3.41. The summed E-state index contributed by atoms with van der Waals surface area (Å²) in [7, 11) is 0. The van der Waals surface area contributed by atoms with Crippen LogP contribution in [-0.2, 0) is 16.1 Å². The minimum atomic E-state index is -0.891. The summed E-state index contributed by atoms with van der Waals surface area (Å²) < 4.78 is 5.96. The minimum Gasteiger partial charge on any atom is -0.478 e. The van der Waals surface area contributed by atoms with Crippen LogP contribution in [0.3, 0.4) is 0 Å². The Balaban J connectivity index is 1.63. The van der Waals surface area contributed by atoms with E-state index in [0.29, 0.717) is 31.7 Å². The van der Waals surface area contributed by atoms with Crippen LogP contribution in [0, 0.1) is 0 Å². The molecule has 1 aromatic carbocycles. The number of piperidine rings is 1. The van der Waals surface area contributed by atoms with E-state index < -0.39 is 5.97 Å². The highest BCUT2D eigenvalue weighted by Gasteiger charge is 2.38. The molecular weight excluding hydrogens is 296 g/mol. The van der Waals surface area contributed by atoms with E-state index in [1.165, 1.54) is 0 Å². The van der Waals surface area contributed by atoms with Crippen molar-refractivity contribution in [3.63, 3.8) is 0 Å². The lowest BCUT2D eigenvalue weighted by atomic mass is 9.87. The fourth-order valence-electron chi connectivity index (χ4n) is 3.41. The molecule has 2 heterocycles. The molecule has 2 N–H and O–H groups in total. The molecular formula is C17H22N2O4.